The molecule has 8 heteroatoms. The van der Waals surface area contributed by atoms with Gasteiger partial charge in [-0.2, -0.15) is 0 Å². The van der Waals surface area contributed by atoms with Gasteiger partial charge in [-0.1, -0.05) is 0 Å². The van der Waals surface area contributed by atoms with E-state index in [0.29, 0.717) is 17.9 Å². The number of hydrogen-bond acceptors (Lipinski definition) is 5. The van der Waals surface area contributed by atoms with Crippen LogP contribution in [-0.4, -0.2) is 36.3 Å². The van der Waals surface area contributed by atoms with Crippen molar-refractivity contribution in [3.8, 4) is 0 Å². The Labute approximate surface area is 123 Å². The molecule has 0 spiro atoms. The molecule has 2 aromatic rings. The van der Waals surface area contributed by atoms with Crippen molar-refractivity contribution in [2.75, 3.05) is 18.4 Å². The van der Waals surface area contributed by atoms with Gasteiger partial charge in [0.05, 0.1) is 4.90 Å². The van der Waals surface area contributed by atoms with Crippen LogP contribution in [0.15, 0.2) is 29.4 Å². The highest BCUT2D eigenvalue weighted by Crippen LogP contribution is 2.24. The average Bonchev–Trinajstić information content (AvgIpc) is 3.07. The number of hydrogen-bond donors (Lipinski definition) is 2. The van der Waals surface area contributed by atoms with Crippen molar-refractivity contribution in [2.24, 2.45) is 7.05 Å². The van der Waals surface area contributed by atoms with Gasteiger partial charge in [0.25, 0.3) is 0 Å². The van der Waals surface area contributed by atoms with E-state index in [1.54, 1.807) is 23.0 Å². The third-order valence-corrected chi connectivity index (χ3v) is 5.00. The number of nitrogens with one attached hydrogen (secondary N) is 2. The summed E-state index contributed by atoms with van der Waals surface area (Å²) in [6.45, 7) is 1.16. The second kappa shape index (κ2) is 5.45. The highest BCUT2D eigenvalue weighted by Gasteiger charge is 2.18. The Morgan fingerprint density at radius 2 is 2.29 bits per heavy atom. The fourth-order valence-electron chi connectivity index (χ4n) is 2.36. The Balaban J connectivity index is 1.68. The lowest BCUT2D eigenvalue weighted by molar-refractivity contribution is 0.580. The minimum absolute atomic E-state index is 0.296. The third kappa shape index (κ3) is 2.91. The lowest BCUT2D eigenvalue weighted by atomic mass is 10.2. The molecular weight excluding hydrogens is 290 g/mol. The normalized spacial score (nSPS) is 14.0. The van der Waals surface area contributed by atoms with Gasteiger partial charge in [0.15, 0.2) is 0 Å². The number of nitrogens with zero attached hydrogens (tertiary/aromatic N) is 3. The van der Waals surface area contributed by atoms with Gasteiger partial charge in [0, 0.05) is 32.2 Å². The van der Waals surface area contributed by atoms with Gasteiger partial charge in [-0.05, 0) is 30.2 Å². The van der Waals surface area contributed by atoms with Gasteiger partial charge in [-0.15, -0.1) is 10.2 Å². The quantitative estimate of drug-likeness (QED) is 0.829. The van der Waals surface area contributed by atoms with Crippen LogP contribution in [0, 0.1) is 0 Å². The zero-order valence-corrected chi connectivity index (χ0v) is 12.5. The van der Waals surface area contributed by atoms with Crippen LogP contribution in [-0.2, 0) is 29.9 Å². The number of rotatable bonds is 5. The average molecular weight is 307 g/mol. The van der Waals surface area contributed by atoms with Gasteiger partial charge < -0.3 is 9.88 Å². The van der Waals surface area contributed by atoms with Crippen LogP contribution in [0.5, 0.6) is 0 Å². The standard InChI is InChI=1S/C13H17N5O2S/c1-18-9-15-17-13(18)5-7-16-21(19,20)11-2-3-12-10(8-11)4-6-14-12/h2-3,8-9,14,16H,4-7H2,1H3. The second-order valence-corrected chi connectivity index (χ2v) is 6.77. The Hall–Kier alpha value is -1.93. The van der Waals surface area contributed by atoms with Crippen LogP contribution >= 0.6 is 0 Å². The van der Waals surface area contributed by atoms with E-state index in [0.717, 1.165) is 30.0 Å². The van der Waals surface area contributed by atoms with Crippen molar-refractivity contribution in [3.63, 3.8) is 0 Å². The molecule has 3 rings (SSSR count). The highest BCUT2D eigenvalue weighted by atomic mass is 32.2. The van der Waals surface area contributed by atoms with E-state index in [9.17, 15) is 8.42 Å². The summed E-state index contributed by atoms with van der Waals surface area (Å²) >= 11 is 0. The molecule has 0 amide bonds. The molecule has 2 heterocycles. The molecule has 0 saturated heterocycles. The third-order valence-electron chi connectivity index (χ3n) is 3.54. The minimum Gasteiger partial charge on any atom is -0.384 e. The highest BCUT2D eigenvalue weighted by molar-refractivity contribution is 7.89. The van der Waals surface area contributed by atoms with E-state index in [2.05, 4.69) is 20.2 Å². The van der Waals surface area contributed by atoms with E-state index >= 15 is 0 Å². The fourth-order valence-corrected chi connectivity index (χ4v) is 3.44. The molecule has 0 unspecified atom stereocenters. The fraction of sp³-hybridized carbons (Fsp3) is 0.385. The summed E-state index contributed by atoms with van der Waals surface area (Å²) in [6.07, 6.45) is 2.96. The molecule has 1 aromatic heterocycles. The molecule has 112 valence electrons. The lowest BCUT2D eigenvalue weighted by Crippen LogP contribution is -2.26. The Morgan fingerprint density at radius 1 is 1.43 bits per heavy atom. The summed E-state index contributed by atoms with van der Waals surface area (Å²) in [5.74, 6) is 0.746. The number of aryl methyl sites for hydroxylation is 1. The number of fused-ring (bicyclic) bond motifs is 1. The zero-order valence-electron chi connectivity index (χ0n) is 11.7. The summed E-state index contributed by atoms with van der Waals surface area (Å²) in [7, 11) is -1.65. The van der Waals surface area contributed by atoms with E-state index in [4.69, 9.17) is 0 Å². The number of anilines is 1. The van der Waals surface area contributed by atoms with Crippen molar-refractivity contribution in [1.82, 2.24) is 19.5 Å². The first-order valence-electron chi connectivity index (χ1n) is 6.75. The Bertz CT molecular complexity index is 754. The lowest BCUT2D eigenvalue weighted by Gasteiger charge is -2.08. The summed E-state index contributed by atoms with van der Waals surface area (Å²) < 4.78 is 28.9. The van der Waals surface area contributed by atoms with Gasteiger partial charge in [-0.3, -0.25) is 0 Å². The maximum Gasteiger partial charge on any atom is 0.240 e. The molecule has 1 aliphatic rings. The molecule has 0 fully saturated rings. The van der Waals surface area contributed by atoms with Gasteiger partial charge in [0.2, 0.25) is 10.0 Å². The van der Waals surface area contributed by atoms with Crippen LogP contribution in [0.1, 0.15) is 11.4 Å². The SMILES string of the molecule is Cn1cnnc1CCNS(=O)(=O)c1ccc2c(c1)CCN2. The van der Waals surface area contributed by atoms with E-state index in [1.165, 1.54) is 0 Å². The topological polar surface area (TPSA) is 88.9 Å². The molecule has 0 radical (unpaired) electrons. The van der Waals surface area contributed by atoms with Crippen molar-refractivity contribution < 1.29 is 8.42 Å². The first kappa shape index (κ1) is 14.0. The second-order valence-electron chi connectivity index (χ2n) is 5.00. The first-order chi connectivity index (χ1) is 10.1. The first-order valence-corrected chi connectivity index (χ1v) is 8.24. The van der Waals surface area contributed by atoms with Gasteiger partial charge >= 0.3 is 0 Å². The molecule has 21 heavy (non-hydrogen) atoms. The molecule has 0 atom stereocenters. The van der Waals surface area contributed by atoms with Gasteiger partial charge in [-0.25, -0.2) is 13.1 Å². The summed E-state index contributed by atoms with van der Waals surface area (Å²) in [6, 6.07) is 5.18. The number of aromatic nitrogens is 3. The molecule has 0 aliphatic carbocycles. The molecule has 0 saturated carbocycles. The van der Waals surface area contributed by atoms with Crippen molar-refractivity contribution in [1.29, 1.82) is 0 Å². The Morgan fingerprint density at radius 3 is 3.05 bits per heavy atom. The predicted molar refractivity (Wildman–Crippen MR) is 78.5 cm³/mol. The molecule has 1 aliphatic heterocycles. The predicted octanol–water partition coefficient (Wildman–Crippen LogP) is 0.304. The molecule has 2 N–H and O–H groups in total. The Kier molecular flexibility index (Phi) is 3.64. The maximum atomic E-state index is 12.3. The van der Waals surface area contributed by atoms with Crippen LogP contribution in [0.3, 0.4) is 0 Å². The van der Waals surface area contributed by atoms with Crippen LogP contribution < -0.4 is 10.0 Å². The molecule has 7 nitrogen and oxygen atoms in total. The monoisotopic (exact) mass is 307 g/mol. The molecule has 1 aromatic carbocycles. The molecule has 0 bridgehead atoms. The van der Waals surface area contributed by atoms with Crippen molar-refractivity contribution >= 4 is 15.7 Å². The zero-order chi connectivity index (χ0) is 14.9. The largest absolute Gasteiger partial charge is 0.384 e. The molecular formula is C13H17N5O2S. The van der Waals surface area contributed by atoms with Crippen molar-refractivity contribution in [3.05, 3.63) is 35.9 Å². The minimum atomic E-state index is -3.48. The van der Waals surface area contributed by atoms with E-state index < -0.39 is 10.0 Å². The maximum absolute atomic E-state index is 12.3. The van der Waals surface area contributed by atoms with Crippen LogP contribution in [0.4, 0.5) is 5.69 Å². The summed E-state index contributed by atoms with van der Waals surface area (Å²) in [4.78, 5) is 0.308. The van der Waals surface area contributed by atoms with Gasteiger partial charge in [0.1, 0.15) is 12.2 Å². The van der Waals surface area contributed by atoms with Crippen molar-refractivity contribution in [2.45, 2.75) is 17.7 Å². The van der Waals surface area contributed by atoms with Crippen LogP contribution in [0.25, 0.3) is 0 Å². The van der Waals surface area contributed by atoms with Crippen LogP contribution in [0.2, 0.25) is 0 Å². The smallest absolute Gasteiger partial charge is 0.240 e. The number of sulfonamides is 1. The summed E-state index contributed by atoms with van der Waals surface area (Å²) in [5.41, 5.74) is 2.07. The summed E-state index contributed by atoms with van der Waals surface area (Å²) in [5, 5.41) is 10.9. The van der Waals surface area contributed by atoms with E-state index in [-0.39, 0.29) is 0 Å². The van der Waals surface area contributed by atoms with E-state index in [1.807, 2.05) is 13.1 Å². The number of benzene rings is 1.